The summed E-state index contributed by atoms with van der Waals surface area (Å²) >= 11 is 5.17. The Bertz CT molecular complexity index is 628. The second-order valence-corrected chi connectivity index (χ2v) is 6.16. The standard InChI is InChI=1S/C17H24F2N4O3S/c1-2-25-15-11-13(3-4-14(15)26-16(18)19)12-21-22-17(27)20-5-6-23-7-9-24-10-8-23/h3-4,11-12,16H,2,5-10H2,1H3,(H2,20,22,27)/p+1/b21-12-. The highest BCUT2D eigenvalue weighted by atomic mass is 32.1. The second-order valence-electron chi connectivity index (χ2n) is 5.76. The van der Waals surface area contributed by atoms with Crippen LogP contribution in [0.15, 0.2) is 23.3 Å². The summed E-state index contributed by atoms with van der Waals surface area (Å²) in [5.74, 6) is 0.218. The second kappa shape index (κ2) is 11.6. The molecule has 7 nitrogen and oxygen atoms in total. The van der Waals surface area contributed by atoms with Crippen LogP contribution in [0.25, 0.3) is 0 Å². The molecule has 0 saturated carbocycles. The summed E-state index contributed by atoms with van der Waals surface area (Å²) in [4.78, 5) is 1.48. The Morgan fingerprint density at radius 2 is 2.15 bits per heavy atom. The van der Waals surface area contributed by atoms with E-state index in [9.17, 15) is 8.78 Å². The topological polar surface area (TPSA) is 68.5 Å². The average Bonchev–Trinajstić information content (AvgIpc) is 2.64. The van der Waals surface area contributed by atoms with Gasteiger partial charge in [0.25, 0.3) is 0 Å². The van der Waals surface area contributed by atoms with Crippen molar-refractivity contribution in [2.75, 3.05) is 46.0 Å². The van der Waals surface area contributed by atoms with Crippen LogP contribution in [0, 0.1) is 0 Å². The summed E-state index contributed by atoms with van der Waals surface area (Å²) in [6.07, 6.45) is 1.52. The number of ether oxygens (including phenoxy) is 3. The molecule has 1 aromatic carbocycles. The predicted molar refractivity (Wildman–Crippen MR) is 102 cm³/mol. The van der Waals surface area contributed by atoms with Crippen molar-refractivity contribution in [2.24, 2.45) is 5.10 Å². The quantitative estimate of drug-likeness (QED) is 0.315. The van der Waals surface area contributed by atoms with Gasteiger partial charge in [-0.3, -0.25) is 5.43 Å². The van der Waals surface area contributed by atoms with E-state index in [4.69, 9.17) is 21.7 Å². The van der Waals surface area contributed by atoms with Crippen LogP contribution < -0.4 is 25.1 Å². The van der Waals surface area contributed by atoms with Crippen LogP contribution in [0.5, 0.6) is 11.5 Å². The smallest absolute Gasteiger partial charge is 0.387 e. The lowest BCUT2D eigenvalue weighted by Gasteiger charge is -2.23. The number of hydrazone groups is 1. The number of halogens is 2. The van der Waals surface area contributed by atoms with E-state index in [0.717, 1.165) is 39.4 Å². The van der Waals surface area contributed by atoms with Crippen LogP contribution in [-0.4, -0.2) is 63.9 Å². The number of nitrogens with zero attached hydrogens (tertiary/aromatic N) is 1. The van der Waals surface area contributed by atoms with E-state index >= 15 is 0 Å². The van der Waals surface area contributed by atoms with Gasteiger partial charge in [0, 0.05) is 0 Å². The van der Waals surface area contributed by atoms with E-state index < -0.39 is 6.61 Å². The summed E-state index contributed by atoms with van der Waals surface area (Å²) in [6, 6.07) is 4.59. The number of thiocarbonyl (C=S) groups is 1. The minimum Gasteiger partial charge on any atom is -0.490 e. The van der Waals surface area contributed by atoms with Gasteiger partial charge in [-0.05, 0) is 42.9 Å². The fourth-order valence-electron chi connectivity index (χ4n) is 2.53. The molecule has 27 heavy (non-hydrogen) atoms. The zero-order valence-electron chi connectivity index (χ0n) is 15.2. The Morgan fingerprint density at radius 1 is 1.37 bits per heavy atom. The predicted octanol–water partition coefficient (Wildman–Crippen LogP) is 0.400. The van der Waals surface area contributed by atoms with Crippen molar-refractivity contribution in [1.82, 2.24) is 10.7 Å². The molecule has 1 aromatic rings. The van der Waals surface area contributed by atoms with Gasteiger partial charge in [-0.2, -0.15) is 13.9 Å². The summed E-state index contributed by atoms with van der Waals surface area (Å²) in [5.41, 5.74) is 3.39. The van der Waals surface area contributed by atoms with Crippen LogP contribution in [0.2, 0.25) is 0 Å². The first-order valence-electron chi connectivity index (χ1n) is 8.78. The van der Waals surface area contributed by atoms with Gasteiger partial charge in [0.2, 0.25) is 0 Å². The van der Waals surface area contributed by atoms with Crippen molar-refractivity contribution in [3.63, 3.8) is 0 Å². The van der Waals surface area contributed by atoms with E-state index in [1.807, 2.05) is 0 Å². The van der Waals surface area contributed by atoms with Crippen molar-refractivity contribution >= 4 is 23.5 Å². The number of alkyl halides is 2. The largest absolute Gasteiger partial charge is 0.490 e. The molecule has 10 heteroatoms. The summed E-state index contributed by atoms with van der Waals surface area (Å²) < 4.78 is 39.9. The molecular weight excluding hydrogens is 378 g/mol. The number of benzene rings is 1. The highest BCUT2D eigenvalue weighted by Crippen LogP contribution is 2.29. The van der Waals surface area contributed by atoms with Gasteiger partial charge in [-0.15, -0.1) is 0 Å². The lowest BCUT2D eigenvalue weighted by molar-refractivity contribution is -0.906. The Hall–Kier alpha value is -2.04. The third kappa shape index (κ3) is 8.02. The maximum Gasteiger partial charge on any atom is 0.387 e. The van der Waals surface area contributed by atoms with Crippen molar-refractivity contribution < 1.29 is 27.9 Å². The Balaban J connectivity index is 1.78. The minimum absolute atomic E-state index is 0.0141. The lowest BCUT2D eigenvalue weighted by Crippen LogP contribution is -3.14. The van der Waals surface area contributed by atoms with Gasteiger partial charge in [0.05, 0.1) is 39.1 Å². The molecule has 0 radical (unpaired) electrons. The van der Waals surface area contributed by atoms with Crippen LogP contribution in [0.1, 0.15) is 12.5 Å². The molecule has 0 atom stereocenters. The van der Waals surface area contributed by atoms with Crippen molar-refractivity contribution in [3.8, 4) is 11.5 Å². The first-order chi connectivity index (χ1) is 13.1. The molecule has 0 bridgehead atoms. The van der Waals surface area contributed by atoms with Gasteiger partial charge in [0.1, 0.15) is 13.1 Å². The normalized spacial score (nSPS) is 15.1. The fourth-order valence-corrected chi connectivity index (χ4v) is 2.69. The van der Waals surface area contributed by atoms with E-state index in [1.54, 1.807) is 19.1 Å². The highest BCUT2D eigenvalue weighted by Gasteiger charge is 2.13. The van der Waals surface area contributed by atoms with Crippen molar-refractivity contribution in [1.29, 1.82) is 0 Å². The summed E-state index contributed by atoms with van der Waals surface area (Å²) in [6.45, 7) is 4.49. The van der Waals surface area contributed by atoms with Gasteiger partial charge in [0.15, 0.2) is 16.6 Å². The molecule has 1 fully saturated rings. The summed E-state index contributed by atoms with van der Waals surface area (Å²) in [7, 11) is 0. The maximum atomic E-state index is 12.4. The lowest BCUT2D eigenvalue weighted by atomic mass is 10.2. The SMILES string of the molecule is CCOc1cc(/C=N\NC(=S)NCC[NH+]2CCOCC2)ccc1OC(F)F. The van der Waals surface area contributed by atoms with Crippen molar-refractivity contribution in [2.45, 2.75) is 13.5 Å². The first-order valence-corrected chi connectivity index (χ1v) is 9.19. The number of quaternary nitrogens is 1. The maximum absolute atomic E-state index is 12.4. The minimum atomic E-state index is -2.91. The molecule has 1 heterocycles. The third-order valence-electron chi connectivity index (χ3n) is 3.83. The Morgan fingerprint density at radius 3 is 2.85 bits per heavy atom. The number of rotatable bonds is 9. The molecule has 0 spiro atoms. The molecule has 1 aliphatic heterocycles. The van der Waals surface area contributed by atoms with E-state index in [-0.39, 0.29) is 11.5 Å². The zero-order chi connectivity index (χ0) is 19.5. The number of morpholine rings is 1. The van der Waals surface area contributed by atoms with E-state index in [2.05, 4.69) is 20.6 Å². The van der Waals surface area contributed by atoms with E-state index in [1.165, 1.54) is 17.2 Å². The van der Waals surface area contributed by atoms with Crippen LogP contribution in [-0.2, 0) is 4.74 Å². The van der Waals surface area contributed by atoms with Crippen molar-refractivity contribution in [3.05, 3.63) is 23.8 Å². The fraction of sp³-hybridized carbons (Fsp3) is 0.529. The molecule has 1 aliphatic rings. The first kappa shape index (κ1) is 21.3. The van der Waals surface area contributed by atoms with Gasteiger partial charge >= 0.3 is 6.61 Å². The number of hydrogen-bond donors (Lipinski definition) is 3. The average molecular weight is 403 g/mol. The zero-order valence-corrected chi connectivity index (χ0v) is 16.0. The number of hydrogen-bond acceptors (Lipinski definition) is 5. The third-order valence-corrected chi connectivity index (χ3v) is 4.06. The van der Waals surface area contributed by atoms with Crippen LogP contribution in [0.3, 0.4) is 0 Å². The Kier molecular flexibility index (Phi) is 9.16. The van der Waals surface area contributed by atoms with Gasteiger partial charge in [-0.1, -0.05) is 0 Å². The molecule has 150 valence electrons. The highest BCUT2D eigenvalue weighted by molar-refractivity contribution is 7.80. The molecule has 0 aliphatic carbocycles. The van der Waals surface area contributed by atoms with Crippen LogP contribution in [0.4, 0.5) is 8.78 Å². The van der Waals surface area contributed by atoms with Gasteiger partial charge < -0.3 is 24.4 Å². The molecular formula is C17H25F2N4O3S+. The molecule has 3 N–H and O–H groups in total. The molecule has 0 aromatic heterocycles. The molecule has 2 rings (SSSR count). The van der Waals surface area contributed by atoms with Gasteiger partial charge in [-0.25, -0.2) is 0 Å². The van der Waals surface area contributed by atoms with E-state index in [0.29, 0.717) is 17.3 Å². The molecule has 0 unspecified atom stereocenters. The summed E-state index contributed by atoms with van der Waals surface area (Å²) in [5, 5.41) is 7.56. The Labute approximate surface area is 162 Å². The molecule has 1 saturated heterocycles. The monoisotopic (exact) mass is 403 g/mol. The molecule has 0 amide bonds. The number of nitrogens with one attached hydrogen (secondary N) is 3. The van der Waals surface area contributed by atoms with Crippen LogP contribution >= 0.6 is 12.2 Å².